The van der Waals surface area contributed by atoms with Gasteiger partial charge in [-0.3, -0.25) is 9.69 Å². The number of anilines is 1. The number of rotatable bonds is 2. The van der Waals surface area contributed by atoms with Gasteiger partial charge in [0.1, 0.15) is 0 Å². The number of halogens is 2. The molecule has 0 saturated carbocycles. The lowest BCUT2D eigenvalue weighted by atomic mass is 10.1. The van der Waals surface area contributed by atoms with Crippen LogP contribution in [0.4, 0.5) is 10.2 Å². The largest absolute Gasteiger partial charge is 0.330 e. The second-order valence-electron chi connectivity index (χ2n) is 3.62. The van der Waals surface area contributed by atoms with E-state index in [9.17, 15) is 9.18 Å². The molecule has 0 radical (unpaired) electrons. The van der Waals surface area contributed by atoms with Crippen LogP contribution < -0.4 is 10.6 Å². The molecule has 0 bridgehead atoms. The Kier molecular flexibility index (Phi) is 3.02. The maximum Gasteiger partial charge on any atom is 0.228 e. The Morgan fingerprint density at radius 2 is 2.44 bits per heavy atom. The Balaban J connectivity index is 2.30. The zero-order valence-corrected chi connectivity index (χ0v) is 9.12. The summed E-state index contributed by atoms with van der Waals surface area (Å²) in [4.78, 5) is 20.1. The highest BCUT2D eigenvalue weighted by Gasteiger charge is 2.32. The van der Waals surface area contributed by atoms with Crippen molar-refractivity contribution in [2.45, 2.75) is 6.42 Å². The Bertz CT molecular complexity index is 428. The molecule has 16 heavy (non-hydrogen) atoms. The minimum Gasteiger partial charge on any atom is -0.330 e. The summed E-state index contributed by atoms with van der Waals surface area (Å²) in [6.07, 6.45) is 1.27. The van der Waals surface area contributed by atoms with E-state index in [1.54, 1.807) is 0 Å². The molecule has 86 valence electrons. The molecular formula is C9H10ClFN4O. The molecule has 1 aliphatic rings. The molecule has 1 aromatic rings. The number of carbonyl (C=O) groups excluding carboxylic acids is 1. The van der Waals surface area contributed by atoms with E-state index in [1.807, 2.05) is 0 Å². The van der Waals surface area contributed by atoms with Crippen LogP contribution in [0, 0.1) is 11.7 Å². The minimum absolute atomic E-state index is 0.0423. The molecule has 1 saturated heterocycles. The third-order valence-corrected chi connectivity index (χ3v) is 2.67. The second-order valence-corrected chi connectivity index (χ2v) is 3.96. The molecular weight excluding hydrogens is 235 g/mol. The smallest absolute Gasteiger partial charge is 0.228 e. The normalized spacial score (nSPS) is 20.6. The second kappa shape index (κ2) is 4.31. The molecule has 5 nitrogen and oxygen atoms in total. The van der Waals surface area contributed by atoms with Crippen molar-refractivity contribution in [2.24, 2.45) is 11.7 Å². The van der Waals surface area contributed by atoms with Gasteiger partial charge in [0.15, 0.2) is 11.6 Å². The Hall–Kier alpha value is -1.27. The molecule has 1 fully saturated rings. The predicted molar refractivity (Wildman–Crippen MR) is 56.5 cm³/mol. The number of nitrogens with two attached hydrogens (primary N) is 1. The van der Waals surface area contributed by atoms with E-state index in [2.05, 4.69) is 9.97 Å². The van der Waals surface area contributed by atoms with Gasteiger partial charge in [-0.15, -0.1) is 0 Å². The first-order valence-corrected chi connectivity index (χ1v) is 5.18. The standard InChI is InChI=1S/C9H10ClFN4O/c10-9-13-3-6(11)8(14-9)15-4-5(2-12)1-7(15)16/h3,5H,1-2,4,12H2. The van der Waals surface area contributed by atoms with Gasteiger partial charge in [-0.2, -0.15) is 4.98 Å². The Morgan fingerprint density at radius 1 is 1.69 bits per heavy atom. The van der Waals surface area contributed by atoms with Crippen LogP contribution in [0.1, 0.15) is 6.42 Å². The van der Waals surface area contributed by atoms with Crippen LogP contribution in [0.3, 0.4) is 0 Å². The van der Waals surface area contributed by atoms with Crippen molar-refractivity contribution in [3.8, 4) is 0 Å². The van der Waals surface area contributed by atoms with E-state index in [0.29, 0.717) is 19.5 Å². The van der Waals surface area contributed by atoms with Crippen LogP contribution in [0.25, 0.3) is 0 Å². The fourth-order valence-corrected chi connectivity index (χ4v) is 1.80. The number of amides is 1. The third-order valence-electron chi connectivity index (χ3n) is 2.49. The zero-order valence-electron chi connectivity index (χ0n) is 8.36. The Labute approximate surface area is 96.4 Å². The van der Waals surface area contributed by atoms with Gasteiger partial charge in [0.05, 0.1) is 6.20 Å². The van der Waals surface area contributed by atoms with Crippen molar-refractivity contribution in [1.29, 1.82) is 0 Å². The summed E-state index contributed by atoms with van der Waals surface area (Å²) < 4.78 is 13.4. The lowest BCUT2D eigenvalue weighted by molar-refractivity contribution is -0.117. The maximum absolute atomic E-state index is 13.4. The summed E-state index contributed by atoms with van der Waals surface area (Å²) in [6, 6.07) is 0. The average molecular weight is 245 g/mol. The van der Waals surface area contributed by atoms with E-state index in [-0.39, 0.29) is 22.9 Å². The highest BCUT2D eigenvalue weighted by atomic mass is 35.5. The van der Waals surface area contributed by atoms with Crippen molar-refractivity contribution >= 4 is 23.3 Å². The van der Waals surface area contributed by atoms with Gasteiger partial charge in [-0.25, -0.2) is 9.37 Å². The molecule has 0 aliphatic carbocycles. The van der Waals surface area contributed by atoms with E-state index < -0.39 is 5.82 Å². The SMILES string of the molecule is NCC1CC(=O)N(c2nc(Cl)ncc2F)C1. The minimum atomic E-state index is -0.657. The summed E-state index contributed by atoms with van der Waals surface area (Å²) >= 11 is 5.56. The average Bonchev–Trinajstić information content (AvgIpc) is 2.63. The van der Waals surface area contributed by atoms with E-state index >= 15 is 0 Å². The molecule has 0 spiro atoms. The molecule has 1 amide bonds. The summed E-state index contributed by atoms with van der Waals surface area (Å²) in [5.41, 5.74) is 5.47. The zero-order chi connectivity index (χ0) is 11.7. The number of nitrogens with zero attached hydrogens (tertiary/aromatic N) is 3. The monoisotopic (exact) mass is 244 g/mol. The highest BCUT2D eigenvalue weighted by molar-refractivity contribution is 6.28. The molecule has 2 rings (SSSR count). The lowest BCUT2D eigenvalue weighted by Gasteiger charge is -2.15. The van der Waals surface area contributed by atoms with Gasteiger partial charge >= 0.3 is 0 Å². The molecule has 2 heterocycles. The number of aromatic nitrogens is 2. The first kappa shape index (κ1) is 11.2. The van der Waals surface area contributed by atoms with E-state index in [1.165, 1.54) is 4.90 Å². The molecule has 2 N–H and O–H groups in total. The van der Waals surface area contributed by atoms with Crippen LogP contribution in [-0.4, -0.2) is 29.0 Å². The van der Waals surface area contributed by atoms with Gasteiger partial charge < -0.3 is 5.73 Å². The van der Waals surface area contributed by atoms with Crippen molar-refractivity contribution in [2.75, 3.05) is 18.0 Å². The number of hydrogen-bond donors (Lipinski definition) is 1. The summed E-state index contributed by atoms with van der Waals surface area (Å²) in [5.74, 6) is -0.874. The summed E-state index contributed by atoms with van der Waals surface area (Å²) in [5, 5.41) is -0.0830. The van der Waals surface area contributed by atoms with Crippen LogP contribution in [0.2, 0.25) is 5.28 Å². The molecule has 1 atom stereocenters. The molecule has 1 aliphatic heterocycles. The van der Waals surface area contributed by atoms with Gasteiger partial charge in [0, 0.05) is 13.0 Å². The first-order chi connectivity index (χ1) is 7.61. The number of hydrogen-bond acceptors (Lipinski definition) is 4. The van der Waals surface area contributed by atoms with Gasteiger partial charge in [0.2, 0.25) is 11.2 Å². The molecule has 7 heteroatoms. The molecule has 1 aromatic heterocycles. The van der Waals surface area contributed by atoms with Crippen LogP contribution in [0.15, 0.2) is 6.20 Å². The molecule has 1 unspecified atom stereocenters. The van der Waals surface area contributed by atoms with Gasteiger partial charge in [-0.05, 0) is 24.1 Å². The topological polar surface area (TPSA) is 72.1 Å². The third kappa shape index (κ3) is 1.98. The highest BCUT2D eigenvalue weighted by Crippen LogP contribution is 2.25. The Morgan fingerprint density at radius 3 is 3.06 bits per heavy atom. The summed E-state index contributed by atoms with van der Waals surface area (Å²) in [6.45, 7) is 0.766. The van der Waals surface area contributed by atoms with Crippen molar-refractivity contribution in [3.63, 3.8) is 0 Å². The van der Waals surface area contributed by atoms with Crippen LogP contribution in [-0.2, 0) is 4.79 Å². The van der Waals surface area contributed by atoms with Crippen LogP contribution >= 0.6 is 11.6 Å². The van der Waals surface area contributed by atoms with Crippen molar-refractivity contribution in [3.05, 3.63) is 17.3 Å². The molecule has 0 aromatic carbocycles. The predicted octanol–water partition coefficient (Wildman–Crippen LogP) is 0.581. The summed E-state index contributed by atoms with van der Waals surface area (Å²) in [7, 11) is 0. The maximum atomic E-state index is 13.4. The van der Waals surface area contributed by atoms with Gasteiger partial charge in [-0.1, -0.05) is 0 Å². The van der Waals surface area contributed by atoms with Crippen LogP contribution in [0.5, 0.6) is 0 Å². The van der Waals surface area contributed by atoms with Crippen molar-refractivity contribution < 1.29 is 9.18 Å². The van der Waals surface area contributed by atoms with E-state index in [4.69, 9.17) is 17.3 Å². The quantitative estimate of drug-likeness (QED) is 0.773. The van der Waals surface area contributed by atoms with Crippen molar-refractivity contribution in [1.82, 2.24) is 9.97 Å². The number of carbonyl (C=O) groups is 1. The van der Waals surface area contributed by atoms with E-state index in [0.717, 1.165) is 6.20 Å². The first-order valence-electron chi connectivity index (χ1n) is 4.80. The fourth-order valence-electron chi connectivity index (χ4n) is 1.67. The fraction of sp³-hybridized carbons (Fsp3) is 0.444. The van der Waals surface area contributed by atoms with Gasteiger partial charge in [0.25, 0.3) is 0 Å². The lowest BCUT2D eigenvalue weighted by Crippen LogP contribution is -2.27.